The summed E-state index contributed by atoms with van der Waals surface area (Å²) in [4.78, 5) is 0. The zero-order chi connectivity index (χ0) is 18.7. The zero-order valence-electron chi connectivity index (χ0n) is 14.7. The number of ether oxygens (including phenoxy) is 2. The molecule has 0 saturated carbocycles. The van der Waals surface area contributed by atoms with Crippen LogP contribution < -0.4 is 0 Å². The van der Waals surface area contributed by atoms with Gasteiger partial charge >= 0.3 is 0 Å². The number of hydrogen-bond acceptors (Lipinski definition) is 2. The minimum absolute atomic E-state index is 0.271. The summed E-state index contributed by atoms with van der Waals surface area (Å²) in [5.74, 6) is 12.0. The maximum absolute atomic E-state index is 6.33. The molecule has 0 aromatic heterocycles. The Labute approximate surface area is 169 Å². The lowest BCUT2D eigenvalue weighted by Crippen LogP contribution is -2.43. The van der Waals surface area contributed by atoms with Crippen LogP contribution in [0.15, 0.2) is 48.5 Å². The third kappa shape index (κ3) is 4.32. The maximum atomic E-state index is 6.33. The van der Waals surface area contributed by atoms with Crippen LogP contribution in [0.2, 0.25) is 10.0 Å². The smallest absolute Gasteiger partial charge is 0.234 e. The van der Waals surface area contributed by atoms with Crippen LogP contribution in [0, 0.1) is 23.7 Å². The minimum atomic E-state index is -0.820. The van der Waals surface area contributed by atoms with Crippen molar-refractivity contribution in [3.63, 3.8) is 0 Å². The van der Waals surface area contributed by atoms with Gasteiger partial charge in [0.25, 0.3) is 0 Å². The molecule has 2 heterocycles. The van der Waals surface area contributed by atoms with Crippen LogP contribution >= 0.6 is 23.2 Å². The van der Waals surface area contributed by atoms with Gasteiger partial charge in [-0.2, -0.15) is 0 Å². The van der Waals surface area contributed by atoms with Gasteiger partial charge in [0.2, 0.25) is 5.79 Å². The van der Waals surface area contributed by atoms with Crippen molar-refractivity contribution < 1.29 is 9.47 Å². The summed E-state index contributed by atoms with van der Waals surface area (Å²) in [5, 5.41) is 1.41. The average molecular weight is 397 g/mol. The lowest BCUT2D eigenvalue weighted by Gasteiger charge is -2.36. The molecule has 2 aliphatic rings. The SMILES string of the molecule is Clc1ccc(C#CC[C@]23CCO[C@](C#Cc4ccc(Cl)cc4)(CC2)O3)cc1. The Morgan fingerprint density at radius 3 is 2.11 bits per heavy atom. The molecule has 0 radical (unpaired) electrons. The first-order valence-corrected chi connectivity index (χ1v) is 9.70. The lowest BCUT2D eigenvalue weighted by molar-refractivity contribution is -0.256. The topological polar surface area (TPSA) is 18.5 Å². The highest BCUT2D eigenvalue weighted by Crippen LogP contribution is 2.46. The van der Waals surface area contributed by atoms with Gasteiger partial charge in [0.1, 0.15) is 0 Å². The Morgan fingerprint density at radius 1 is 0.815 bits per heavy atom. The van der Waals surface area contributed by atoms with Crippen LogP contribution in [-0.2, 0) is 9.47 Å². The van der Waals surface area contributed by atoms with Gasteiger partial charge in [-0.05, 0) is 60.9 Å². The van der Waals surface area contributed by atoms with Crippen LogP contribution in [0.25, 0.3) is 0 Å². The van der Waals surface area contributed by atoms with E-state index in [1.165, 1.54) is 0 Å². The highest BCUT2D eigenvalue weighted by atomic mass is 35.5. The highest BCUT2D eigenvalue weighted by molar-refractivity contribution is 6.30. The van der Waals surface area contributed by atoms with Gasteiger partial charge in [0.15, 0.2) is 0 Å². The first-order chi connectivity index (χ1) is 13.1. The maximum Gasteiger partial charge on any atom is 0.234 e. The second kappa shape index (κ2) is 7.59. The van der Waals surface area contributed by atoms with E-state index in [4.69, 9.17) is 32.7 Å². The molecule has 2 aliphatic heterocycles. The van der Waals surface area contributed by atoms with Gasteiger partial charge in [0, 0.05) is 40.4 Å². The van der Waals surface area contributed by atoms with E-state index in [1.54, 1.807) is 0 Å². The summed E-state index contributed by atoms with van der Waals surface area (Å²) in [5.41, 5.74) is 1.58. The minimum Gasteiger partial charge on any atom is -0.340 e. The van der Waals surface area contributed by atoms with Gasteiger partial charge in [-0.25, -0.2) is 0 Å². The van der Waals surface area contributed by atoms with E-state index in [2.05, 4.69) is 23.7 Å². The third-order valence-electron chi connectivity index (χ3n) is 4.91. The Balaban J connectivity index is 1.47. The normalized spacial score (nSPS) is 25.9. The summed E-state index contributed by atoms with van der Waals surface area (Å²) in [6.45, 7) is 0.637. The van der Waals surface area contributed by atoms with Crippen molar-refractivity contribution in [3.05, 3.63) is 69.7 Å². The van der Waals surface area contributed by atoms with Crippen molar-refractivity contribution in [3.8, 4) is 23.7 Å². The standard InChI is InChI=1S/C23H18Cl2O2/c24-20-7-3-18(4-8-20)2-1-12-22-14-15-23(27-22,26-17-16-22)13-11-19-5-9-21(25)10-6-19/h3-10H,12,14-17H2/t22-,23+/m1/s1. The molecule has 0 spiro atoms. The highest BCUT2D eigenvalue weighted by Gasteiger charge is 2.52. The molecule has 2 saturated heterocycles. The molecule has 27 heavy (non-hydrogen) atoms. The monoisotopic (exact) mass is 396 g/mol. The molecule has 136 valence electrons. The van der Waals surface area contributed by atoms with Crippen molar-refractivity contribution in [2.75, 3.05) is 6.61 Å². The molecule has 2 atom stereocenters. The molecule has 0 unspecified atom stereocenters. The van der Waals surface area contributed by atoms with Gasteiger partial charge in [0.05, 0.1) is 12.2 Å². The van der Waals surface area contributed by atoms with E-state index in [0.717, 1.165) is 30.4 Å². The van der Waals surface area contributed by atoms with E-state index in [-0.39, 0.29) is 5.60 Å². The fourth-order valence-corrected chi connectivity index (χ4v) is 3.65. The fraction of sp³-hybridized carbons (Fsp3) is 0.304. The van der Waals surface area contributed by atoms with E-state index >= 15 is 0 Å². The largest absolute Gasteiger partial charge is 0.340 e. The van der Waals surface area contributed by atoms with Crippen molar-refractivity contribution in [2.24, 2.45) is 0 Å². The lowest BCUT2D eigenvalue weighted by atomic mass is 9.93. The summed E-state index contributed by atoms with van der Waals surface area (Å²) in [6, 6.07) is 15.0. The Morgan fingerprint density at radius 2 is 1.44 bits per heavy atom. The molecule has 4 rings (SSSR count). The molecule has 2 fully saturated rings. The molecule has 2 bridgehead atoms. The number of fused-ring (bicyclic) bond motifs is 2. The molecule has 2 aromatic rings. The number of halogens is 2. The summed E-state index contributed by atoms with van der Waals surface area (Å²) in [7, 11) is 0. The molecular weight excluding hydrogens is 379 g/mol. The second-order valence-corrected chi connectivity index (χ2v) is 7.75. The van der Waals surface area contributed by atoms with Crippen LogP contribution in [0.4, 0.5) is 0 Å². The van der Waals surface area contributed by atoms with Crippen LogP contribution in [-0.4, -0.2) is 18.0 Å². The predicted molar refractivity (Wildman–Crippen MR) is 108 cm³/mol. The first kappa shape index (κ1) is 18.4. The van der Waals surface area contributed by atoms with E-state index in [0.29, 0.717) is 23.1 Å². The number of hydrogen-bond donors (Lipinski definition) is 0. The molecule has 2 nitrogen and oxygen atoms in total. The average Bonchev–Trinajstić information content (AvgIpc) is 2.94. The summed E-state index contributed by atoms with van der Waals surface area (Å²) in [6.07, 6.45) is 3.17. The third-order valence-corrected chi connectivity index (χ3v) is 5.42. The Kier molecular flexibility index (Phi) is 5.18. The molecule has 0 aliphatic carbocycles. The molecule has 4 heteroatoms. The Hall–Kier alpha value is -1.94. The molecule has 0 N–H and O–H groups in total. The molecule has 0 amide bonds. The zero-order valence-corrected chi connectivity index (χ0v) is 16.2. The van der Waals surface area contributed by atoms with Crippen LogP contribution in [0.3, 0.4) is 0 Å². The van der Waals surface area contributed by atoms with E-state index < -0.39 is 5.79 Å². The van der Waals surface area contributed by atoms with Crippen molar-refractivity contribution in [1.29, 1.82) is 0 Å². The predicted octanol–water partition coefficient (Wildman–Crippen LogP) is 5.45. The number of rotatable bonds is 1. The van der Waals surface area contributed by atoms with Gasteiger partial charge in [-0.1, -0.05) is 41.0 Å². The van der Waals surface area contributed by atoms with Crippen LogP contribution in [0.5, 0.6) is 0 Å². The number of benzene rings is 2. The summed E-state index contributed by atoms with van der Waals surface area (Å²) >= 11 is 11.8. The summed E-state index contributed by atoms with van der Waals surface area (Å²) < 4.78 is 12.2. The van der Waals surface area contributed by atoms with Gasteiger partial charge < -0.3 is 9.47 Å². The Bertz CT molecular complexity index is 944. The quantitative estimate of drug-likeness (QED) is 0.596. The van der Waals surface area contributed by atoms with Crippen molar-refractivity contribution in [1.82, 2.24) is 0 Å². The van der Waals surface area contributed by atoms with E-state index in [9.17, 15) is 0 Å². The van der Waals surface area contributed by atoms with Crippen LogP contribution in [0.1, 0.15) is 36.8 Å². The second-order valence-electron chi connectivity index (χ2n) is 6.88. The fourth-order valence-electron chi connectivity index (χ4n) is 3.40. The van der Waals surface area contributed by atoms with Gasteiger partial charge in [-0.15, -0.1) is 0 Å². The first-order valence-electron chi connectivity index (χ1n) is 8.94. The van der Waals surface area contributed by atoms with Gasteiger partial charge in [-0.3, -0.25) is 0 Å². The molecule has 2 aromatic carbocycles. The van der Waals surface area contributed by atoms with Crippen molar-refractivity contribution in [2.45, 2.75) is 37.1 Å². The van der Waals surface area contributed by atoms with Crippen molar-refractivity contribution >= 4 is 23.2 Å². The van der Waals surface area contributed by atoms with E-state index in [1.807, 2.05) is 48.5 Å². The molecular formula is C23H18Cl2O2.